The normalized spacial score (nSPS) is 12.9. The van der Waals surface area contributed by atoms with E-state index in [-0.39, 0.29) is 32.1 Å². The SMILES string of the molecule is CCCCCCCCCCCCCCCCOCCOP(=O)(COCCn1cnc2c(OC)nc(N)nc21)OCc1ccccc1. The maximum Gasteiger partial charge on any atom is 0.356 e. The Labute approximate surface area is 275 Å². The number of hydrogen-bond donors (Lipinski definition) is 1. The van der Waals surface area contributed by atoms with Crippen molar-refractivity contribution in [1.82, 2.24) is 19.5 Å². The number of unbranched alkanes of at least 4 members (excludes halogenated alkanes) is 13. The van der Waals surface area contributed by atoms with E-state index in [9.17, 15) is 4.57 Å². The summed E-state index contributed by atoms with van der Waals surface area (Å²) in [5.41, 5.74) is 7.74. The molecule has 0 radical (unpaired) electrons. The van der Waals surface area contributed by atoms with Gasteiger partial charge in [0.25, 0.3) is 0 Å². The molecule has 0 bridgehead atoms. The maximum atomic E-state index is 13.6. The van der Waals surface area contributed by atoms with E-state index in [0.717, 1.165) is 12.0 Å². The minimum Gasteiger partial charge on any atom is -0.479 e. The molecule has 3 aromatic rings. The minimum absolute atomic E-state index is 0.0887. The van der Waals surface area contributed by atoms with Crippen LogP contribution in [0.3, 0.4) is 0 Å². The van der Waals surface area contributed by atoms with Gasteiger partial charge >= 0.3 is 7.60 Å². The molecule has 1 aromatic carbocycles. The van der Waals surface area contributed by atoms with Crippen molar-refractivity contribution in [2.75, 3.05) is 45.6 Å². The third kappa shape index (κ3) is 14.9. The van der Waals surface area contributed by atoms with Gasteiger partial charge in [-0.25, -0.2) is 4.98 Å². The highest BCUT2D eigenvalue weighted by molar-refractivity contribution is 7.53. The first-order valence-corrected chi connectivity index (χ1v) is 18.9. The summed E-state index contributed by atoms with van der Waals surface area (Å²) in [4.78, 5) is 12.6. The van der Waals surface area contributed by atoms with Crippen LogP contribution in [0.2, 0.25) is 0 Å². The average Bonchev–Trinajstić information content (AvgIpc) is 3.48. The van der Waals surface area contributed by atoms with Crippen molar-refractivity contribution >= 4 is 24.7 Å². The molecule has 0 saturated carbocycles. The molecular weight excluding hydrogens is 605 g/mol. The lowest BCUT2D eigenvalue weighted by Gasteiger charge is -2.19. The molecule has 0 spiro atoms. The third-order valence-electron chi connectivity index (χ3n) is 7.80. The summed E-state index contributed by atoms with van der Waals surface area (Å²) in [6.07, 6.45) is 20.0. The fourth-order valence-corrected chi connectivity index (χ4v) is 6.45. The van der Waals surface area contributed by atoms with Gasteiger partial charge in [0.05, 0.1) is 39.9 Å². The monoisotopic (exact) mass is 661 g/mol. The highest BCUT2D eigenvalue weighted by Gasteiger charge is 2.25. The van der Waals surface area contributed by atoms with Crippen molar-refractivity contribution in [2.24, 2.45) is 0 Å². The number of nitrogens with two attached hydrogens (primary N) is 1. The summed E-state index contributed by atoms with van der Waals surface area (Å²) in [6, 6.07) is 9.57. The number of hydrogen-bond acceptors (Lipinski definition) is 10. The second kappa shape index (κ2) is 22.9. The maximum absolute atomic E-state index is 13.6. The Morgan fingerprint density at radius 3 is 2.07 bits per heavy atom. The fourth-order valence-electron chi connectivity index (χ4n) is 5.17. The molecule has 1 unspecified atom stereocenters. The van der Waals surface area contributed by atoms with Gasteiger partial charge in [0.15, 0.2) is 11.2 Å². The van der Waals surface area contributed by atoms with Gasteiger partial charge in [-0.05, 0) is 12.0 Å². The lowest BCUT2D eigenvalue weighted by molar-refractivity contribution is 0.0756. The van der Waals surface area contributed by atoms with Gasteiger partial charge in [-0.3, -0.25) is 4.57 Å². The van der Waals surface area contributed by atoms with Gasteiger partial charge in [0.1, 0.15) is 6.35 Å². The molecule has 46 heavy (non-hydrogen) atoms. The first-order chi connectivity index (χ1) is 22.5. The van der Waals surface area contributed by atoms with E-state index in [1.54, 1.807) is 10.9 Å². The molecule has 0 aliphatic heterocycles. The van der Waals surface area contributed by atoms with Crippen molar-refractivity contribution in [2.45, 2.75) is 110 Å². The van der Waals surface area contributed by atoms with Crippen LogP contribution >= 0.6 is 7.60 Å². The molecule has 3 rings (SSSR count). The summed E-state index contributed by atoms with van der Waals surface area (Å²) in [7, 11) is -2.04. The summed E-state index contributed by atoms with van der Waals surface area (Å²) < 4.78 is 43.6. The molecule has 1 atom stereocenters. The topological polar surface area (TPSA) is 133 Å². The Morgan fingerprint density at radius 1 is 0.761 bits per heavy atom. The van der Waals surface area contributed by atoms with Crippen LogP contribution in [-0.4, -0.2) is 59.4 Å². The second-order valence-electron chi connectivity index (χ2n) is 11.7. The molecular formula is C34H56N5O6P. The number of ether oxygens (including phenoxy) is 3. The van der Waals surface area contributed by atoms with Crippen molar-refractivity contribution in [1.29, 1.82) is 0 Å². The van der Waals surface area contributed by atoms with Crippen molar-refractivity contribution < 1.29 is 27.8 Å². The smallest absolute Gasteiger partial charge is 0.356 e. The Hall–Kier alpha value is -2.56. The van der Waals surface area contributed by atoms with E-state index in [1.165, 1.54) is 90.6 Å². The highest BCUT2D eigenvalue weighted by atomic mass is 31.2. The van der Waals surface area contributed by atoms with Crippen LogP contribution in [0.25, 0.3) is 11.2 Å². The van der Waals surface area contributed by atoms with E-state index in [1.807, 2.05) is 30.3 Å². The zero-order valence-electron chi connectivity index (χ0n) is 28.1. The van der Waals surface area contributed by atoms with E-state index in [4.69, 9.17) is 29.0 Å². The van der Waals surface area contributed by atoms with Crippen LogP contribution in [0.5, 0.6) is 5.88 Å². The van der Waals surface area contributed by atoms with E-state index < -0.39 is 7.60 Å². The number of imidazole rings is 1. The second-order valence-corrected chi connectivity index (χ2v) is 13.6. The molecule has 0 saturated heterocycles. The van der Waals surface area contributed by atoms with Gasteiger partial charge in [-0.2, -0.15) is 9.97 Å². The number of rotatable bonds is 28. The largest absolute Gasteiger partial charge is 0.479 e. The lowest BCUT2D eigenvalue weighted by Crippen LogP contribution is -2.11. The predicted octanol–water partition coefficient (Wildman–Crippen LogP) is 8.32. The summed E-state index contributed by atoms with van der Waals surface area (Å²) >= 11 is 0. The van der Waals surface area contributed by atoms with Gasteiger partial charge in [-0.15, -0.1) is 0 Å². The van der Waals surface area contributed by atoms with Crippen molar-refractivity contribution in [3.8, 4) is 5.88 Å². The van der Waals surface area contributed by atoms with Crippen LogP contribution in [0.1, 0.15) is 102 Å². The number of benzene rings is 1. The Bertz CT molecular complexity index is 1260. The van der Waals surface area contributed by atoms with Crippen LogP contribution in [0, 0.1) is 0 Å². The number of nitrogens with zero attached hydrogens (tertiary/aromatic N) is 4. The van der Waals surface area contributed by atoms with Gasteiger partial charge < -0.3 is 33.6 Å². The molecule has 0 amide bonds. The first-order valence-electron chi connectivity index (χ1n) is 17.1. The van der Waals surface area contributed by atoms with Crippen LogP contribution in [0.15, 0.2) is 36.7 Å². The predicted molar refractivity (Wildman–Crippen MR) is 183 cm³/mol. The molecule has 0 fully saturated rings. The van der Waals surface area contributed by atoms with Crippen LogP contribution in [-0.2, 0) is 36.2 Å². The molecule has 2 N–H and O–H groups in total. The molecule has 12 heteroatoms. The van der Waals surface area contributed by atoms with Gasteiger partial charge in [0.2, 0.25) is 11.8 Å². The Kier molecular flexibility index (Phi) is 18.8. The summed E-state index contributed by atoms with van der Waals surface area (Å²) in [5, 5.41) is 0. The molecule has 0 aliphatic carbocycles. The minimum atomic E-state index is -3.54. The number of anilines is 1. The molecule has 0 aliphatic rings. The molecule has 258 valence electrons. The van der Waals surface area contributed by atoms with E-state index >= 15 is 0 Å². The highest BCUT2D eigenvalue weighted by Crippen LogP contribution is 2.48. The zero-order chi connectivity index (χ0) is 32.7. The standard InChI is InChI=1S/C34H56N5O6P/c1-3-4-5-6-7-8-9-10-11-12-13-14-15-19-23-42-25-26-44-46(40,45-27-30-20-17-16-18-21-30)29-43-24-22-39-28-36-31-32(39)37-34(35)38-33(31)41-2/h16-18,20-21,28H,3-15,19,22-27,29H2,1-2H3,(H2,35,37,38). The number of methoxy groups -OCH3 is 1. The van der Waals surface area contributed by atoms with Crippen molar-refractivity contribution in [3.63, 3.8) is 0 Å². The average molecular weight is 662 g/mol. The summed E-state index contributed by atoms with van der Waals surface area (Å²) in [6.45, 7) is 4.24. The van der Waals surface area contributed by atoms with Crippen LogP contribution in [0.4, 0.5) is 5.95 Å². The molecule has 11 nitrogen and oxygen atoms in total. The lowest BCUT2D eigenvalue weighted by atomic mass is 10.0. The van der Waals surface area contributed by atoms with Crippen molar-refractivity contribution in [3.05, 3.63) is 42.2 Å². The van der Waals surface area contributed by atoms with E-state index in [2.05, 4.69) is 21.9 Å². The number of fused-ring (bicyclic) bond motifs is 1. The number of nitrogen functional groups attached to an aromatic ring is 1. The Morgan fingerprint density at radius 2 is 1.41 bits per heavy atom. The molecule has 2 heterocycles. The molecule has 2 aromatic heterocycles. The van der Waals surface area contributed by atoms with Crippen LogP contribution < -0.4 is 10.5 Å². The van der Waals surface area contributed by atoms with Gasteiger partial charge in [-0.1, -0.05) is 121 Å². The number of aromatic nitrogens is 4. The summed E-state index contributed by atoms with van der Waals surface area (Å²) in [5.74, 6) is 0.395. The first kappa shape index (κ1) is 37.9. The quantitative estimate of drug-likeness (QED) is 0.0598. The Balaban J connectivity index is 1.29. The third-order valence-corrected chi connectivity index (χ3v) is 9.39. The van der Waals surface area contributed by atoms with Gasteiger partial charge in [0, 0.05) is 13.2 Å². The van der Waals surface area contributed by atoms with E-state index in [0.29, 0.717) is 36.8 Å². The zero-order valence-corrected chi connectivity index (χ0v) is 29.0. The fraction of sp³-hybridized carbons (Fsp3) is 0.676.